The standard InChI is InChI=1S/C14H17Cl2FN2/c1-8(15)13-18-11-5-9(16)10(17)6-12(11)19(13)7-14(2,3)4/h5-6,8H,7H2,1-4H3. The van der Waals surface area contributed by atoms with Crippen LogP contribution in [-0.4, -0.2) is 9.55 Å². The van der Waals surface area contributed by atoms with Crippen molar-refractivity contribution in [3.8, 4) is 0 Å². The number of halogens is 3. The van der Waals surface area contributed by atoms with E-state index < -0.39 is 5.82 Å². The molecule has 2 rings (SSSR count). The maximum Gasteiger partial charge on any atom is 0.144 e. The lowest BCUT2D eigenvalue weighted by molar-refractivity contribution is 0.343. The number of imidazole rings is 1. The number of fused-ring (bicyclic) bond motifs is 1. The van der Waals surface area contributed by atoms with Crippen molar-refractivity contribution in [3.63, 3.8) is 0 Å². The van der Waals surface area contributed by atoms with Crippen molar-refractivity contribution in [2.75, 3.05) is 0 Å². The summed E-state index contributed by atoms with van der Waals surface area (Å²) in [4.78, 5) is 4.48. The van der Waals surface area contributed by atoms with Crippen LogP contribution in [0.25, 0.3) is 11.0 Å². The SMILES string of the molecule is CC(Cl)c1nc2cc(Cl)c(F)cc2n1CC(C)(C)C. The highest BCUT2D eigenvalue weighted by Crippen LogP contribution is 2.30. The van der Waals surface area contributed by atoms with E-state index in [1.165, 1.54) is 6.07 Å². The zero-order valence-electron chi connectivity index (χ0n) is 11.5. The highest BCUT2D eigenvalue weighted by molar-refractivity contribution is 6.31. The van der Waals surface area contributed by atoms with Crippen molar-refractivity contribution >= 4 is 34.2 Å². The van der Waals surface area contributed by atoms with Gasteiger partial charge in [-0.3, -0.25) is 0 Å². The van der Waals surface area contributed by atoms with Crippen molar-refractivity contribution in [1.82, 2.24) is 9.55 Å². The van der Waals surface area contributed by atoms with E-state index in [2.05, 4.69) is 25.8 Å². The monoisotopic (exact) mass is 302 g/mol. The molecule has 0 aliphatic rings. The fourth-order valence-corrected chi connectivity index (χ4v) is 2.41. The first-order chi connectivity index (χ1) is 8.69. The first kappa shape index (κ1) is 14.6. The van der Waals surface area contributed by atoms with Crippen molar-refractivity contribution in [2.24, 2.45) is 5.41 Å². The number of nitrogens with zero attached hydrogens (tertiary/aromatic N) is 2. The summed E-state index contributed by atoms with van der Waals surface area (Å²) in [5.74, 6) is 0.311. The minimum absolute atomic E-state index is 0.0459. The molecule has 0 aliphatic heterocycles. The maximum absolute atomic E-state index is 13.7. The van der Waals surface area contributed by atoms with E-state index >= 15 is 0 Å². The second-order valence-electron chi connectivity index (χ2n) is 5.99. The molecule has 0 saturated heterocycles. The molecule has 1 heterocycles. The van der Waals surface area contributed by atoms with Crippen LogP contribution in [0.3, 0.4) is 0 Å². The summed E-state index contributed by atoms with van der Waals surface area (Å²) < 4.78 is 15.6. The van der Waals surface area contributed by atoms with Gasteiger partial charge in [-0.05, 0) is 18.4 Å². The maximum atomic E-state index is 13.7. The Morgan fingerprint density at radius 2 is 2.00 bits per heavy atom. The minimum atomic E-state index is -0.432. The summed E-state index contributed by atoms with van der Waals surface area (Å²) in [6, 6.07) is 2.98. The molecule has 2 nitrogen and oxygen atoms in total. The second-order valence-corrected chi connectivity index (χ2v) is 7.05. The Hall–Kier alpha value is -0.800. The third kappa shape index (κ3) is 3.03. The Balaban J connectivity index is 2.69. The summed E-state index contributed by atoms with van der Waals surface area (Å²) in [6.45, 7) is 8.94. The topological polar surface area (TPSA) is 17.8 Å². The molecule has 0 radical (unpaired) electrons. The predicted octanol–water partition coefficient (Wildman–Crippen LogP) is 5.17. The molecule has 104 valence electrons. The smallest absolute Gasteiger partial charge is 0.144 e. The molecular formula is C14H17Cl2FN2. The molecule has 0 aliphatic carbocycles. The van der Waals surface area contributed by atoms with E-state index in [1.54, 1.807) is 6.07 Å². The van der Waals surface area contributed by atoms with Crippen molar-refractivity contribution in [1.29, 1.82) is 0 Å². The molecule has 19 heavy (non-hydrogen) atoms. The molecule has 0 bridgehead atoms. The molecule has 2 aromatic rings. The Labute approximate surface area is 122 Å². The van der Waals surface area contributed by atoms with Gasteiger partial charge in [0.05, 0.1) is 21.4 Å². The minimum Gasteiger partial charge on any atom is -0.326 e. The van der Waals surface area contributed by atoms with E-state index in [0.717, 1.165) is 17.9 Å². The zero-order valence-corrected chi connectivity index (χ0v) is 13.0. The van der Waals surface area contributed by atoms with Crippen LogP contribution >= 0.6 is 23.2 Å². The van der Waals surface area contributed by atoms with Crippen LogP contribution in [0.2, 0.25) is 5.02 Å². The van der Waals surface area contributed by atoms with Crippen LogP contribution in [-0.2, 0) is 6.54 Å². The summed E-state index contributed by atoms with van der Waals surface area (Å²) in [5.41, 5.74) is 1.46. The fraction of sp³-hybridized carbons (Fsp3) is 0.500. The molecule has 1 aromatic heterocycles. The normalized spacial score (nSPS) is 14.1. The first-order valence-electron chi connectivity index (χ1n) is 6.18. The van der Waals surface area contributed by atoms with Crippen LogP contribution in [0.5, 0.6) is 0 Å². The third-order valence-corrected chi connectivity index (χ3v) is 3.29. The van der Waals surface area contributed by atoms with Gasteiger partial charge < -0.3 is 4.57 Å². The molecule has 0 saturated carbocycles. The van der Waals surface area contributed by atoms with Crippen LogP contribution in [0.4, 0.5) is 4.39 Å². The van der Waals surface area contributed by atoms with Gasteiger partial charge in [0.2, 0.25) is 0 Å². The highest BCUT2D eigenvalue weighted by Gasteiger charge is 2.21. The molecular weight excluding hydrogens is 286 g/mol. The number of hydrogen-bond acceptors (Lipinski definition) is 1. The zero-order chi connectivity index (χ0) is 14.4. The quantitative estimate of drug-likeness (QED) is 0.699. The lowest BCUT2D eigenvalue weighted by Gasteiger charge is -2.21. The fourth-order valence-electron chi connectivity index (χ4n) is 2.08. The van der Waals surface area contributed by atoms with Gasteiger partial charge in [-0.15, -0.1) is 11.6 Å². The van der Waals surface area contributed by atoms with Gasteiger partial charge in [0.1, 0.15) is 11.6 Å². The molecule has 0 N–H and O–H groups in total. The van der Waals surface area contributed by atoms with Crippen molar-refractivity contribution < 1.29 is 4.39 Å². The lowest BCUT2D eigenvalue weighted by atomic mass is 9.96. The van der Waals surface area contributed by atoms with Crippen molar-refractivity contribution in [3.05, 3.63) is 28.8 Å². The number of alkyl halides is 1. The van der Waals surface area contributed by atoms with Crippen LogP contribution in [0.15, 0.2) is 12.1 Å². The molecule has 5 heteroatoms. The average molecular weight is 303 g/mol. The molecule has 0 spiro atoms. The van der Waals surface area contributed by atoms with E-state index in [1.807, 2.05) is 11.5 Å². The van der Waals surface area contributed by atoms with Crippen LogP contribution in [0.1, 0.15) is 38.9 Å². The van der Waals surface area contributed by atoms with Gasteiger partial charge >= 0.3 is 0 Å². The predicted molar refractivity (Wildman–Crippen MR) is 78.4 cm³/mol. The molecule has 0 fully saturated rings. The van der Waals surface area contributed by atoms with Gasteiger partial charge in [-0.1, -0.05) is 32.4 Å². The second kappa shape index (κ2) is 4.95. The van der Waals surface area contributed by atoms with Crippen LogP contribution < -0.4 is 0 Å². The number of aromatic nitrogens is 2. The lowest BCUT2D eigenvalue weighted by Crippen LogP contribution is -2.17. The number of benzene rings is 1. The summed E-state index contributed by atoms with van der Waals surface area (Å²) in [7, 11) is 0. The van der Waals surface area contributed by atoms with E-state index in [0.29, 0.717) is 5.52 Å². The summed E-state index contributed by atoms with van der Waals surface area (Å²) >= 11 is 12.0. The Bertz CT molecular complexity index is 612. The van der Waals surface area contributed by atoms with E-state index in [4.69, 9.17) is 23.2 Å². The molecule has 1 atom stereocenters. The van der Waals surface area contributed by atoms with E-state index in [9.17, 15) is 4.39 Å². The van der Waals surface area contributed by atoms with Crippen LogP contribution in [0, 0.1) is 11.2 Å². The van der Waals surface area contributed by atoms with Gasteiger partial charge in [0.15, 0.2) is 0 Å². The summed E-state index contributed by atoms with van der Waals surface area (Å²) in [6.07, 6.45) is 0. The average Bonchev–Trinajstić information content (AvgIpc) is 2.56. The van der Waals surface area contributed by atoms with Gasteiger partial charge in [-0.2, -0.15) is 0 Å². The van der Waals surface area contributed by atoms with Gasteiger partial charge in [0, 0.05) is 12.6 Å². The largest absolute Gasteiger partial charge is 0.326 e. The Morgan fingerprint density at radius 1 is 1.37 bits per heavy atom. The molecule has 1 unspecified atom stereocenters. The van der Waals surface area contributed by atoms with E-state index in [-0.39, 0.29) is 15.8 Å². The van der Waals surface area contributed by atoms with Gasteiger partial charge in [-0.25, -0.2) is 9.37 Å². The number of rotatable bonds is 2. The van der Waals surface area contributed by atoms with Crippen molar-refractivity contribution in [2.45, 2.75) is 39.6 Å². The third-order valence-electron chi connectivity index (χ3n) is 2.81. The summed E-state index contributed by atoms with van der Waals surface area (Å²) in [5, 5.41) is -0.154. The first-order valence-corrected chi connectivity index (χ1v) is 7.00. The molecule has 1 aromatic carbocycles. The Kier molecular flexibility index (Phi) is 3.80. The number of hydrogen-bond donors (Lipinski definition) is 0. The molecule has 0 amide bonds. The van der Waals surface area contributed by atoms with Gasteiger partial charge in [0.25, 0.3) is 0 Å². The highest BCUT2D eigenvalue weighted by atomic mass is 35.5. The Morgan fingerprint density at radius 3 is 2.53 bits per heavy atom.